The van der Waals surface area contributed by atoms with Crippen molar-refractivity contribution in [2.45, 2.75) is 25.8 Å². The molecule has 1 N–H and O–H groups in total. The number of rotatable bonds is 7. The highest BCUT2D eigenvalue weighted by Crippen LogP contribution is 2.05. The Balaban J connectivity index is 2.75. The molecule has 1 atom stereocenters. The molecule has 1 aromatic rings. The number of amides is 1. The number of hydrogen-bond acceptors (Lipinski definition) is 5. The van der Waals surface area contributed by atoms with E-state index in [1.54, 1.807) is 30.3 Å². The van der Waals surface area contributed by atoms with E-state index in [1.165, 1.54) is 0 Å². The number of ketones is 1. The minimum absolute atomic E-state index is 0.232. The summed E-state index contributed by atoms with van der Waals surface area (Å²) in [5.74, 6) is -1.38. The molecule has 114 valence electrons. The first-order valence-corrected chi connectivity index (χ1v) is 6.70. The summed E-state index contributed by atoms with van der Waals surface area (Å²) >= 11 is 0. The Morgan fingerprint density at radius 2 is 1.86 bits per heavy atom. The second-order valence-electron chi connectivity index (χ2n) is 4.32. The molecule has 1 amide bonds. The molecule has 0 aliphatic carbocycles. The lowest BCUT2D eigenvalue weighted by atomic mass is 10.0. The van der Waals surface area contributed by atoms with Crippen molar-refractivity contribution in [3.63, 3.8) is 0 Å². The molecule has 0 spiro atoms. The molecule has 0 saturated heterocycles. The van der Waals surface area contributed by atoms with Crippen LogP contribution in [0.4, 0.5) is 4.79 Å². The van der Waals surface area contributed by atoms with Crippen molar-refractivity contribution in [2.24, 2.45) is 0 Å². The molecule has 0 bridgehead atoms. The minimum atomic E-state index is -1.41. The number of unbranched alkanes of at least 4 members (excludes halogenated alkanes) is 1. The van der Waals surface area contributed by atoms with Crippen LogP contribution in [0.2, 0.25) is 0 Å². The van der Waals surface area contributed by atoms with Gasteiger partial charge < -0.3 is 14.8 Å². The second kappa shape index (κ2) is 8.73. The normalized spacial score (nSPS) is 11.3. The zero-order chi connectivity index (χ0) is 15.7. The van der Waals surface area contributed by atoms with Gasteiger partial charge in [0.15, 0.2) is 11.8 Å². The molecule has 0 heterocycles. The van der Waals surface area contributed by atoms with Crippen LogP contribution in [0.3, 0.4) is 0 Å². The first-order chi connectivity index (χ1) is 10.1. The van der Waals surface area contributed by atoms with Crippen molar-refractivity contribution < 1.29 is 23.9 Å². The number of ether oxygens (including phenoxy) is 2. The number of hydrogen-bond donors (Lipinski definition) is 1. The smallest absolute Gasteiger partial charge is 0.408 e. The number of nitrogens with one attached hydrogen (secondary N) is 1. The van der Waals surface area contributed by atoms with Crippen LogP contribution >= 0.6 is 0 Å². The summed E-state index contributed by atoms with van der Waals surface area (Å²) in [6.07, 6.45) is 0.766. The number of benzene rings is 1. The van der Waals surface area contributed by atoms with Gasteiger partial charge in [0.25, 0.3) is 0 Å². The van der Waals surface area contributed by atoms with Crippen LogP contribution in [0.5, 0.6) is 0 Å². The maximum absolute atomic E-state index is 12.2. The van der Waals surface area contributed by atoms with Crippen molar-refractivity contribution in [1.82, 2.24) is 5.32 Å². The quantitative estimate of drug-likeness (QED) is 0.359. The minimum Gasteiger partial charge on any atom is -0.467 e. The average molecular weight is 293 g/mol. The van der Waals surface area contributed by atoms with Crippen molar-refractivity contribution >= 4 is 17.8 Å². The van der Waals surface area contributed by atoms with E-state index in [0.717, 1.165) is 13.5 Å². The van der Waals surface area contributed by atoms with Gasteiger partial charge in [-0.15, -0.1) is 0 Å². The first kappa shape index (κ1) is 16.7. The summed E-state index contributed by atoms with van der Waals surface area (Å²) in [5.41, 5.74) is 0.307. The third-order valence-corrected chi connectivity index (χ3v) is 2.75. The topological polar surface area (TPSA) is 81.7 Å². The van der Waals surface area contributed by atoms with Gasteiger partial charge in [-0.3, -0.25) is 4.79 Å². The highest BCUT2D eigenvalue weighted by atomic mass is 16.6. The van der Waals surface area contributed by atoms with E-state index in [2.05, 4.69) is 10.1 Å². The van der Waals surface area contributed by atoms with E-state index in [4.69, 9.17) is 4.74 Å². The third kappa shape index (κ3) is 5.25. The van der Waals surface area contributed by atoms with E-state index in [9.17, 15) is 14.4 Å². The van der Waals surface area contributed by atoms with Crippen molar-refractivity contribution in [3.05, 3.63) is 35.9 Å². The number of methoxy groups -OCH3 is 1. The molecule has 6 nitrogen and oxygen atoms in total. The summed E-state index contributed by atoms with van der Waals surface area (Å²) in [6.45, 7) is 2.19. The van der Waals surface area contributed by atoms with E-state index in [1.807, 2.05) is 6.92 Å². The molecule has 21 heavy (non-hydrogen) atoms. The molecular formula is C15H19NO5. The molecule has 0 aromatic heterocycles. The van der Waals surface area contributed by atoms with Crippen LogP contribution in [0.15, 0.2) is 30.3 Å². The molecular weight excluding hydrogens is 274 g/mol. The van der Waals surface area contributed by atoms with E-state index >= 15 is 0 Å². The number of carbonyl (C=O) groups is 3. The Kier molecular flexibility index (Phi) is 6.94. The molecule has 0 aliphatic rings. The Morgan fingerprint density at radius 3 is 2.43 bits per heavy atom. The zero-order valence-electron chi connectivity index (χ0n) is 12.1. The predicted molar refractivity (Wildman–Crippen MR) is 76.0 cm³/mol. The Labute approximate surface area is 123 Å². The largest absolute Gasteiger partial charge is 0.467 e. The highest BCUT2D eigenvalue weighted by molar-refractivity contribution is 6.13. The maximum atomic E-state index is 12.2. The van der Waals surface area contributed by atoms with Gasteiger partial charge in [-0.1, -0.05) is 43.7 Å². The fourth-order valence-electron chi connectivity index (χ4n) is 1.59. The van der Waals surface area contributed by atoms with Crippen molar-refractivity contribution in [2.75, 3.05) is 13.7 Å². The lowest BCUT2D eigenvalue weighted by Gasteiger charge is -2.15. The maximum Gasteiger partial charge on any atom is 0.408 e. The monoisotopic (exact) mass is 293 g/mol. The molecule has 0 radical (unpaired) electrons. The van der Waals surface area contributed by atoms with Crippen LogP contribution in [0.25, 0.3) is 0 Å². The second-order valence-corrected chi connectivity index (χ2v) is 4.32. The van der Waals surface area contributed by atoms with Gasteiger partial charge in [-0.2, -0.15) is 0 Å². The predicted octanol–water partition coefficient (Wildman–Crippen LogP) is 1.94. The number of esters is 1. The summed E-state index contributed by atoms with van der Waals surface area (Å²) in [7, 11) is 1.15. The van der Waals surface area contributed by atoms with E-state index in [-0.39, 0.29) is 6.61 Å². The van der Waals surface area contributed by atoms with Crippen molar-refractivity contribution in [3.8, 4) is 0 Å². The molecule has 0 aliphatic heterocycles. The van der Waals surface area contributed by atoms with Crippen LogP contribution in [0.1, 0.15) is 30.1 Å². The molecule has 1 aromatic carbocycles. The molecule has 1 unspecified atom stereocenters. The van der Waals surface area contributed by atoms with Gasteiger partial charge in [-0.25, -0.2) is 9.59 Å². The van der Waals surface area contributed by atoms with Crippen LogP contribution < -0.4 is 5.32 Å². The number of carbonyl (C=O) groups excluding carboxylic acids is 3. The van der Waals surface area contributed by atoms with E-state index in [0.29, 0.717) is 12.0 Å². The molecule has 0 fully saturated rings. The van der Waals surface area contributed by atoms with Crippen LogP contribution in [-0.4, -0.2) is 37.6 Å². The van der Waals surface area contributed by atoms with Crippen molar-refractivity contribution in [1.29, 1.82) is 0 Å². The van der Waals surface area contributed by atoms with Crippen LogP contribution in [0, 0.1) is 0 Å². The summed E-state index contributed by atoms with van der Waals surface area (Å²) in [6, 6.07) is 6.79. The van der Waals surface area contributed by atoms with Crippen LogP contribution in [-0.2, 0) is 14.3 Å². The first-order valence-electron chi connectivity index (χ1n) is 6.70. The standard InChI is InChI=1S/C15H19NO5/c1-3-4-10-21-15(19)16-12(14(18)20-2)13(17)11-8-6-5-7-9-11/h5-9,12H,3-4,10H2,1-2H3,(H,16,19). The number of Topliss-reactive ketones (excluding diaryl/α,β-unsaturated/α-hetero) is 1. The Hall–Kier alpha value is -2.37. The molecule has 0 saturated carbocycles. The van der Waals surface area contributed by atoms with Gasteiger partial charge in [-0.05, 0) is 6.42 Å². The van der Waals surface area contributed by atoms with E-state index < -0.39 is 23.9 Å². The lowest BCUT2D eigenvalue weighted by molar-refractivity contribution is -0.141. The van der Waals surface area contributed by atoms with Gasteiger partial charge in [0, 0.05) is 5.56 Å². The Morgan fingerprint density at radius 1 is 1.19 bits per heavy atom. The lowest BCUT2D eigenvalue weighted by Crippen LogP contribution is -2.47. The van der Waals surface area contributed by atoms with Gasteiger partial charge in [0.05, 0.1) is 13.7 Å². The molecule has 1 rings (SSSR count). The Bertz CT molecular complexity index is 486. The van der Waals surface area contributed by atoms with Gasteiger partial charge in [0.1, 0.15) is 0 Å². The third-order valence-electron chi connectivity index (χ3n) is 2.75. The fourth-order valence-corrected chi connectivity index (χ4v) is 1.59. The highest BCUT2D eigenvalue weighted by Gasteiger charge is 2.30. The average Bonchev–Trinajstić information content (AvgIpc) is 2.52. The number of alkyl carbamates (subject to hydrolysis) is 1. The van der Waals surface area contributed by atoms with Gasteiger partial charge >= 0.3 is 12.1 Å². The fraction of sp³-hybridized carbons (Fsp3) is 0.400. The summed E-state index contributed by atoms with van der Waals surface area (Å²) in [4.78, 5) is 35.5. The summed E-state index contributed by atoms with van der Waals surface area (Å²) < 4.78 is 9.44. The SMILES string of the molecule is CCCCOC(=O)NC(C(=O)OC)C(=O)c1ccccc1. The summed E-state index contributed by atoms with van der Waals surface area (Å²) in [5, 5.41) is 2.24. The van der Waals surface area contributed by atoms with Gasteiger partial charge in [0.2, 0.25) is 0 Å². The molecule has 6 heteroatoms. The zero-order valence-corrected chi connectivity index (χ0v) is 12.1.